The molecule has 37 heavy (non-hydrogen) atoms. The molecular weight excluding hydrogens is 494 g/mol. The summed E-state index contributed by atoms with van der Waals surface area (Å²) in [5.41, 5.74) is 5.40. The number of aryl methyl sites for hydroxylation is 1. The first-order valence-electron chi connectivity index (χ1n) is 11.9. The quantitative estimate of drug-likeness (QED) is 0.224. The molecule has 5 heteroatoms. The maximum Gasteiger partial charge on any atom is 0.160 e. The van der Waals surface area contributed by atoms with Crippen LogP contribution in [-0.4, -0.2) is 11.4 Å². The standard InChI is InChI=1S/C32H23NO2S2/c1-21-2-7-23(8-3-21)33(25-11-13-26(35)14-12-25)24-9-4-22(5-10-24)6-15-27-18-29-30-19-28(20-34)37-32(30)17-16-31(29)36-27/h2-20,35H,1H3/b15-6+. The monoisotopic (exact) mass is 517 g/mol. The Kier molecular flexibility index (Phi) is 6.08. The molecule has 0 fully saturated rings. The smallest absolute Gasteiger partial charge is 0.160 e. The Hall–Kier alpha value is -4.19. The molecule has 0 spiro atoms. The second-order valence-corrected chi connectivity index (χ2v) is 11.1. The Bertz CT molecular complexity index is 1700. The van der Waals surface area contributed by atoms with E-state index in [0.29, 0.717) is 0 Å². The van der Waals surface area contributed by atoms with Crippen LogP contribution < -0.4 is 4.90 Å². The Labute approximate surface area is 223 Å². The van der Waals surface area contributed by atoms with Crippen LogP contribution in [-0.2, 0) is 0 Å². The van der Waals surface area contributed by atoms with Gasteiger partial charge in [0, 0.05) is 42.1 Å². The van der Waals surface area contributed by atoms with Gasteiger partial charge in [-0.2, -0.15) is 0 Å². The highest BCUT2D eigenvalue weighted by molar-refractivity contribution is 7.22. The number of phenolic OH excluding ortho intramolecular Hbond substituents is 1. The molecule has 6 rings (SSSR count). The molecule has 0 aliphatic heterocycles. The Morgan fingerprint density at radius 1 is 0.649 bits per heavy atom. The topological polar surface area (TPSA) is 40.5 Å². The molecular formula is C32H23NO2S2. The zero-order valence-electron chi connectivity index (χ0n) is 20.1. The molecule has 3 nitrogen and oxygen atoms in total. The summed E-state index contributed by atoms with van der Waals surface area (Å²) < 4.78 is 2.37. The first-order chi connectivity index (χ1) is 18.1. The van der Waals surface area contributed by atoms with Crippen molar-refractivity contribution in [1.29, 1.82) is 0 Å². The fraction of sp³-hybridized carbons (Fsp3) is 0.0312. The third-order valence-electron chi connectivity index (χ3n) is 6.34. The summed E-state index contributed by atoms with van der Waals surface area (Å²) in [4.78, 5) is 15.3. The third-order valence-corrected chi connectivity index (χ3v) is 8.43. The van der Waals surface area contributed by atoms with E-state index < -0.39 is 0 Å². The van der Waals surface area contributed by atoms with Crippen LogP contribution in [0.3, 0.4) is 0 Å². The summed E-state index contributed by atoms with van der Waals surface area (Å²) in [6.07, 6.45) is 5.21. The highest BCUT2D eigenvalue weighted by atomic mass is 32.1. The Morgan fingerprint density at radius 3 is 1.76 bits per heavy atom. The average molecular weight is 518 g/mol. The van der Waals surface area contributed by atoms with Gasteiger partial charge < -0.3 is 10.0 Å². The van der Waals surface area contributed by atoms with Crippen molar-refractivity contribution in [3.8, 4) is 5.75 Å². The van der Waals surface area contributed by atoms with Crippen LogP contribution in [0.5, 0.6) is 5.75 Å². The number of aldehydes is 1. The maximum absolute atomic E-state index is 11.2. The van der Waals surface area contributed by atoms with E-state index in [9.17, 15) is 9.90 Å². The van der Waals surface area contributed by atoms with Crippen LogP contribution in [0, 0.1) is 6.92 Å². The number of fused-ring (bicyclic) bond motifs is 3. The van der Waals surface area contributed by atoms with Crippen molar-refractivity contribution in [2.24, 2.45) is 0 Å². The number of rotatable bonds is 6. The molecule has 0 saturated heterocycles. The van der Waals surface area contributed by atoms with Crippen molar-refractivity contribution in [2.45, 2.75) is 6.92 Å². The normalized spacial score (nSPS) is 11.5. The summed E-state index contributed by atoms with van der Waals surface area (Å²) in [6.45, 7) is 2.08. The van der Waals surface area contributed by atoms with Crippen molar-refractivity contribution >= 4 is 78.3 Å². The lowest BCUT2D eigenvalue weighted by atomic mass is 10.1. The number of aromatic hydroxyl groups is 1. The molecule has 4 aromatic carbocycles. The molecule has 0 saturated carbocycles. The molecule has 0 bridgehead atoms. The minimum Gasteiger partial charge on any atom is -0.508 e. The van der Waals surface area contributed by atoms with Gasteiger partial charge in [-0.15, -0.1) is 22.7 Å². The number of benzene rings is 4. The van der Waals surface area contributed by atoms with Crippen LogP contribution >= 0.6 is 22.7 Å². The van der Waals surface area contributed by atoms with Crippen LogP contribution in [0.15, 0.2) is 97.1 Å². The van der Waals surface area contributed by atoms with Gasteiger partial charge in [0.15, 0.2) is 6.29 Å². The minimum atomic E-state index is 0.248. The summed E-state index contributed by atoms with van der Waals surface area (Å²) >= 11 is 3.29. The first-order valence-corrected chi connectivity index (χ1v) is 13.6. The van der Waals surface area contributed by atoms with E-state index in [0.717, 1.165) is 43.9 Å². The van der Waals surface area contributed by atoms with Gasteiger partial charge in [0.1, 0.15) is 5.75 Å². The Morgan fingerprint density at radius 2 is 1.16 bits per heavy atom. The second-order valence-electron chi connectivity index (χ2n) is 8.92. The molecule has 0 aliphatic carbocycles. The lowest BCUT2D eigenvalue weighted by molar-refractivity contribution is 0.112. The molecule has 0 radical (unpaired) electrons. The molecule has 0 unspecified atom stereocenters. The molecule has 1 N–H and O–H groups in total. The predicted molar refractivity (Wildman–Crippen MR) is 159 cm³/mol. The highest BCUT2D eigenvalue weighted by Gasteiger charge is 2.12. The van der Waals surface area contributed by atoms with Crippen LogP contribution in [0.25, 0.3) is 32.3 Å². The number of nitrogens with zero attached hydrogens (tertiary/aromatic N) is 1. The number of carbonyl (C=O) groups is 1. The van der Waals surface area contributed by atoms with Gasteiger partial charge in [-0.3, -0.25) is 4.79 Å². The van der Waals surface area contributed by atoms with Crippen molar-refractivity contribution in [3.63, 3.8) is 0 Å². The minimum absolute atomic E-state index is 0.248. The predicted octanol–water partition coefficient (Wildman–Crippen LogP) is 9.58. The van der Waals surface area contributed by atoms with Gasteiger partial charge in [-0.25, -0.2) is 0 Å². The van der Waals surface area contributed by atoms with Gasteiger partial charge in [-0.05, 0) is 91.4 Å². The van der Waals surface area contributed by atoms with E-state index in [2.05, 4.69) is 90.7 Å². The van der Waals surface area contributed by atoms with E-state index >= 15 is 0 Å². The lowest BCUT2D eigenvalue weighted by Crippen LogP contribution is -2.09. The van der Waals surface area contributed by atoms with Crippen molar-refractivity contribution < 1.29 is 9.90 Å². The molecule has 0 aliphatic rings. The van der Waals surface area contributed by atoms with Gasteiger partial charge >= 0.3 is 0 Å². The van der Waals surface area contributed by atoms with Crippen LogP contribution in [0.4, 0.5) is 17.1 Å². The first kappa shape index (κ1) is 23.2. The molecule has 2 heterocycles. The summed E-state index contributed by atoms with van der Waals surface area (Å²) in [5, 5.41) is 12.1. The molecule has 0 amide bonds. The summed E-state index contributed by atoms with van der Waals surface area (Å²) in [7, 11) is 0. The fourth-order valence-electron chi connectivity index (χ4n) is 4.47. The second kappa shape index (κ2) is 9.69. The van der Waals surface area contributed by atoms with Gasteiger partial charge in [-0.1, -0.05) is 35.9 Å². The molecule has 2 aromatic heterocycles. The van der Waals surface area contributed by atoms with Gasteiger partial charge in [0.05, 0.1) is 4.88 Å². The van der Waals surface area contributed by atoms with E-state index in [1.807, 2.05) is 18.2 Å². The number of anilines is 3. The third kappa shape index (κ3) is 4.67. The number of hydrogen-bond acceptors (Lipinski definition) is 5. The largest absolute Gasteiger partial charge is 0.508 e. The Balaban J connectivity index is 1.30. The highest BCUT2D eigenvalue weighted by Crippen LogP contribution is 2.37. The molecule has 6 aromatic rings. The van der Waals surface area contributed by atoms with Gasteiger partial charge in [0.2, 0.25) is 0 Å². The van der Waals surface area contributed by atoms with Crippen molar-refractivity contribution in [1.82, 2.24) is 0 Å². The zero-order valence-corrected chi connectivity index (χ0v) is 21.7. The van der Waals surface area contributed by atoms with Gasteiger partial charge in [0.25, 0.3) is 0 Å². The summed E-state index contributed by atoms with van der Waals surface area (Å²) in [5.74, 6) is 0.248. The average Bonchev–Trinajstić information content (AvgIpc) is 3.54. The number of phenols is 1. The van der Waals surface area contributed by atoms with Crippen molar-refractivity contribution in [2.75, 3.05) is 4.90 Å². The summed E-state index contributed by atoms with van der Waals surface area (Å²) in [6, 6.07) is 32.6. The van der Waals surface area contributed by atoms with E-state index in [-0.39, 0.29) is 5.75 Å². The lowest BCUT2D eigenvalue weighted by Gasteiger charge is -2.25. The fourth-order valence-corrected chi connectivity index (χ4v) is 6.34. The number of carbonyl (C=O) groups excluding carboxylic acids is 1. The van der Waals surface area contributed by atoms with E-state index in [1.165, 1.54) is 31.9 Å². The number of hydrogen-bond donors (Lipinski definition) is 1. The van der Waals surface area contributed by atoms with Crippen LogP contribution in [0.2, 0.25) is 0 Å². The zero-order chi connectivity index (χ0) is 25.4. The SMILES string of the molecule is Cc1ccc(N(c2ccc(O)cc2)c2ccc(/C=C/c3cc4c(ccc5sc(C=O)cc54)s3)cc2)cc1. The molecule has 180 valence electrons. The van der Waals surface area contributed by atoms with Crippen LogP contribution in [0.1, 0.15) is 25.7 Å². The van der Waals surface area contributed by atoms with E-state index in [1.54, 1.807) is 23.5 Å². The number of thiophene rings is 2. The maximum atomic E-state index is 11.2. The van der Waals surface area contributed by atoms with E-state index in [4.69, 9.17) is 0 Å². The molecule has 0 atom stereocenters. The van der Waals surface area contributed by atoms with Crippen molar-refractivity contribution in [3.05, 3.63) is 118 Å².